The Hall–Kier alpha value is -1.83. The van der Waals surface area contributed by atoms with Crippen molar-refractivity contribution in [1.29, 1.82) is 0 Å². The van der Waals surface area contributed by atoms with Gasteiger partial charge < -0.3 is 0 Å². The Labute approximate surface area is 181 Å². The minimum absolute atomic E-state index is 0.658. The van der Waals surface area contributed by atoms with Crippen LogP contribution in [0.3, 0.4) is 0 Å². The molecule has 1 atom stereocenters. The Morgan fingerprint density at radius 1 is 0.724 bits per heavy atom. The van der Waals surface area contributed by atoms with Crippen LogP contribution in [0.4, 0.5) is 0 Å². The number of rotatable bonds is 6. The van der Waals surface area contributed by atoms with Crippen molar-refractivity contribution in [3.05, 3.63) is 71.4 Å². The molecule has 1 unspecified atom stereocenters. The van der Waals surface area contributed by atoms with Crippen molar-refractivity contribution < 1.29 is 0 Å². The van der Waals surface area contributed by atoms with Gasteiger partial charge in [0.1, 0.15) is 8.07 Å². The van der Waals surface area contributed by atoms with E-state index in [1.807, 2.05) is 0 Å². The molecule has 29 heavy (non-hydrogen) atoms. The molecule has 2 heteroatoms. The minimum atomic E-state index is -2.08. The fourth-order valence-corrected chi connectivity index (χ4v) is 13.2. The van der Waals surface area contributed by atoms with Crippen molar-refractivity contribution in [1.82, 2.24) is 0 Å². The van der Waals surface area contributed by atoms with Crippen molar-refractivity contribution in [3.8, 4) is 11.1 Å². The van der Waals surface area contributed by atoms with Gasteiger partial charge in [-0.3, -0.25) is 0 Å². The summed E-state index contributed by atoms with van der Waals surface area (Å²) in [6.45, 7) is 18.9. The number of hydrogen-bond donors (Lipinski definition) is 0. The third-order valence-corrected chi connectivity index (χ3v) is 16.0. The summed E-state index contributed by atoms with van der Waals surface area (Å²) < 4.78 is 0. The summed E-state index contributed by atoms with van der Waals surface area (Å²) in [6.07, 6.45) is 2.29. The van der Waals surface area contributed by atoms with E-state index in [9.17, 15) is 0 Å². The molecule has 0 spiro atoms. The first-order chi connectivity index (χ1) is 13.6. The molecule has 2 aromatic carbocycles. The molecule has 0 aliphatic heterocycles. The second-order valence-corrected chi connectivity index (χ2v) is 18.6. The maximum Gasteiger partial charge on any atom is 0.188 e. The molecule has 0 saturated carbocycles. The second kappa shape index (κ2) is 9.78. The number of aryl methyl sites for hydroxylation is 1. The highest BCUT2D eigenvalue weighted by atomic mass is 28.3. The molecule has 0 bridgehead atoms. The fourth-order valence-electron chi connectivity index (χ4n) is 4.61. The second-order valence-electron chi connectivity index (χ2n) is 9.46. The van der Waals surface area contributed by atoms with Gasteiger partial charge in [0, 0.05) is 0 Å². The van der Waals surface area contributed by atoms with Crippen LogP contribution in [0.2, 0.25) is 23.2 Å². The van der Waals surface area contributed by atoms with Crippen LogP contribution in [0.1, 0.15) is 52.7 Å². The van der Waals surface area contributed by atoms with E-state index < -0.39 is 16.1 Å². The topological polar surface area (TPSA) is 0 Å². The average molecular weight is 419 g/mol. The molecule has 0 radical (unpaired) electrons. The Balaban J connectivity index is 2.58. The fraction of sp³-hybridized carbons (Fsp3) is 0.407. The molecule has 154 valence electrons. The van der Waals surface area contributed by atoms with Crippen molar-refractivity contribution in [2.75, 3.05) is 0 Å². The first kappa shape index (κ1) is 23.5. The zero-order valence-corrected chi connectivity index (χ0v) is 21.6. The molecule has 0 fully saturated rings. The Morgan fingerprint density at radius 2 is 1.24 bits per heavy atom. The predicted molar refractivity (Wildman–Crippen MR) is 137 cm³/mol. The van der Waals surface area contributed by atoms with E-state index in [4.69, 9.17) is 0 Å². The Bertz CT molecular complexity index is 842. The lowest BCUT2D eigenvalue weighted by molar-refractivity contribution is 0.838. The van der Waals surface area contributed by atoms with Crippen molar-refractivity contribution in [2.45, 2.75) is 71.6 Å². The average Bonchev–Trinajstić information content (AvgIpc) is 2.68. The zero-order chi connectivity index (χ0) is 21.7. The lowest BCUT2D eigenvalue weighted by Crippen LogP contribution is -2.46. The van der Waals surface area contributed by atoms with Crippen LogP contribution in [0, 0.1) is 18.0 Å². The van der Waals surface area contributed by atoms with E-state index in [-0.39, 0.29) is 0 Å². The number of hydrogen-bond acceptors (Lipinski definition) is 0. The molecule has 0 aliphatic rings. The van der Waals surface area contributed by atoms with Crippen LogP contribution in [-0.4, -0.2) is 16.1 Å². The smallest absolute Gasteiger partial charge is 0.136 e. The predicted octanol–water partition coefficient (Wildman–Crippen LogP) is 7.29. The molecular weight excluding hydrogens is 380 g/mol. The largest absolute Gasteiger partial charge is 0.188 e. The quantitative estimate of drug-likeness (QED) is 0.341. The third-order valence-electron chi connectivity index (χ3n) is 6.46. The van der Waals surface area contributed by atoms with Gasteiger partial charge >= 0.3 is 0 Å². The SMILES string of the molecule is Cc1ccc(/C=C/[Si](C)(C#C[Si](C(C)C)(C(C)C)C(C)C)c2ccccc2)cc1. The highest BCUT2D eigenvalue weighted by Crippen LogP contribution is 2.40. The van der Waals surface area contributed by atoms with Gasteiger partial charge in [-0.15, -0.1) is 11.1 Å². The van der Waals surface area contributed by atoms with Crippen LogP contribution >= 0.6 is 0 Å². The molecule has 0 heterocycles. The van der Waals surface area contributed by atoms with Crippen LogP contribution in [0.25, 0.3) is 6.08 Å². The van der Waals surface area contributed by atoms with Crippen LogP contribution in [0.15, 0.2) is 60.3 Å². The molecule has 0 amide bonds. The minimum Gasteiger partial charge on any atom is -0.136 e. The summed E-state index contributed by atoms with van der Waals surface area (Å²) in [5.41, 5.74) is 14.9. The van der Waals surface area contributed by atoms with Crippen LogP contribution in [-0.2, 0) is 0 Å². The van der Waals surface area contributed by atoms with Crippen LogP contribution in [0.5, 0.6) is 0 Å². The van der Waals surface area contributed by atoms with E-state index >= 15 is 0 Å². The lowest BCUT2D eigenvalue weighted by Gasteiger charge is -2.38. The highest BCUT2D eigenvalue weighted by molar-refractivity contribution is 7.03. The Morgan fingerprint density at radius 3 is 1.72 bits per heavy atom. The summed E-state index contributed by atoms with van der Waals surface area (Å²) in [5.74, 6) is 0. The van der Waals surface area contributed by atoms with Crippen LogP contribution < -0.4 is 5.19 Å². The Kier molecular flexibility index (Phi) is 7.91. The third kappa shape index (κ3) is 5.41. The van der Waals surface area contributed by atoms with Crippen molar-refractivity contribution >= 4 is 27.4 Å². The molecule has 0 saturated heterocycles. The van der Waals surface area contributed by atoms with E-state index in [0.717, 1.165) is 0 Å². The van der Waals surface area contributed by atoms with Gasteiger partial charge in [0.15, 0.2) is 8.07 Å². The summed E-state index contributed by atoms with van der Waals surface area (Å²) in [6, 6.07) is 19.7. The first-order valence-electron chi connectivity index (χ1n) is 11.0. The standard InChI is InChI=1S/C27H38Si2/c1-22(2)29(23(3)4,24(5)6)21-20-28(8,27-12-10-9-11-13-27)19-18-26-16-14-25(7)15-17-26/h9-19,22-24H,1-8H3/b19-18+. The molecule has 0 N–H and O–H groups in total. The van der Waals surface area contributed by atoms with Gasteiger partial charge in [-0.05, 0) is 34.3 Å². The van der Waals surface area contributed by atoms with Gasteiger partial charge in [-0.25, -0.2) is 0 Å². The normalized spacial score (nSPS) is 14.3. The van der Waals surface area contributed by atoms with E-state index in [2.05, 4.69) is 132 Å². The van der Waals surface area contributed by atoms with Gasteiger partial charge in [0.25, 0.3) is 0 Å². The summed E-state index contributed by atoms with van der Waals surface area (Å²) in [5, 5.41) is 1.40. The summed E-state index contributed by atoms with van der Waals surface area (Å²) in [7, 11) is -3.82. The highest BCUT2D eigenvalue weighted by Gasteiger charge is 2.42. The molecule has 2 aromatic rings. The number of benzene rings is 2. The lowest BCUT2D eigenvalue weighted by atomic mass is 10.2. The van der Waals surface area contributed by atoms with Gasteiger partial charge in [-0.1, -0.05) is 120 Å². The molecule has 0 nitrogen and oxygen atoms in total. The molecular formula is C27H38Si2. The molecule has 2 rings (SSSR count). The first-order valence-corrected chi connectivity index (χ1v) is 15.8. The van der Waals surface area contributed by atoms with E-state index in [1.54, 1.807) is 0 Å². The van der Waals surface area contributed by atoms with E-state index in [0.29, 0.717) is 16.6 Å². The van der Waals surface area contributed by atoms with Gasteiger partial charge in [0.2, 0.25) is 0 Å². The van der Waals surface area contributed by atoms with Gasteiger partial charge in [0.05, 0.1) is 0 Å². The van der Waals surface area contributed by atoms with Crippen molar-refractivity contribution in [3.63, 3.8) is 0 Å². The summed E-state index contributed by atoms with van der Waals surface area (Å²) in [4.78, 5) is 0. The maximum absolute atomic E-state index is 4.02. The molecule has 0 aliphatic carbocycles. The summed E-state index contributed by atoms with van der Waals surface area (Å²) >= 11 is 0. The van der Waals surface area contributed by atoms with E-state index in [1.165, 1.54) is 16.3 Å². The molecule has 0 aromatic heterocycles. The zero-order valence-electron chi connectivity index (χ0n) is 19.6. The maximum atomic E-state index is 4.02. The van der Waals surface area contributed by atoms with Crippen molar-refractivity contribution in [2.24, 2.45) is 0 Å². The monoisotopic (exact) mass is 418 g/mol. The van der Waals surface area contributed by atoms with Gasteiger partial charge in [-0.2, -0.15) is 0 Å².